The van der Waals surface area contributed by atoms with Crippen molar-refractivity contribution in [2.24, 2.45) is 11.8 Å². The Kier molecular flexibility index (Phi) is 7.23. The van der Waals surface area contributed by atoms with Crippen molar-refractivity contribution >= 4 is 17.5 Å². The van der Waals surface area contributed by atoms with Crippen LogP contribution in [0.4, 0.5) is 14.5 Å². The van der Waals surface area contributed by atoms with Gasteiger partial charge in [-0.25, -0.2) is 18.4 Å². The lowest BCUT2D eigenvalue weighted by Gasteiger charge is -2.42. The number of aryl methyl sites for hydroxylation is 1. The molecule has 2 aromatic heterocycles. The Labute approximate surface area is 237 Å². The van der Waals surface area contributed by atoms with Crippen molar-refractivity contribution < 1.29 is 23.1 Å². The normalized spacial score (nSPS) is 26.5. The third kappa shape index (κ3) is 5.30. The smallest absolute Gasteiger partial charge is 0.253 e. The van der Waals surface area contributed by atoms with Gasteiger partial charge in [-0.3, -0.25) is 9.59 Å². The summed E-state index contributed by atoms with van der Waals surface area (Å²) in [5.41, 5.74) is 3.04. The van der Waals surface area contributed by atoms with Gasteiger partial charge in [-0.2, -0.15) is 5.10 Å². The summed E-state index contributed by atoms with van der Waals surface area (Å²) in [4.78, 5) is 33.4. The largest absolute Gasteiger partial charge is 0.383 e. The van der Waals surface area contributed by atoms with Crippen LogP contribution in [-0.2, 0) is 9.53 Å². The number of amides is 2. The Morgan fingerprint density at radius 1 is 1.17 bits per heavy atom. The molecule has 6 rings (SSSR count). The predicted molar refractivity (Wildman–Crippen MR) is 148 cm³/mol. The highest BCUT2D eigenvalue weighted by Crippen LogP contribution is 2.48. The number of aromatic nitrogens is 3. The fourth-order valence-electron chi connectivity index (χ4n) is 6.65. The topological polar surface area (TPSA) is 101 Å². The molecule has 0 unspecified atom stereocenters. The molecule has 5 atom stereocenters. The average molecular weight is 565 g/mol. The maximum absolute atomic E-state index is 14.7. The number of rotatable bonds is 6. The number of anilines is 1. The maximum atomic E-state index is 14.7. The van der Waals surface area contributed by atoms with Crippen LogP contribution in [0.15, 0.2) is 54.9 Å². The van der Waals surface area contributed by atoms with Crippen LogP contribution in [-0.4, -0.2) is 69.7 Å². The lowest BCUT2D eigenvalue weighted by molar-refractivity contribution is -0.146. The number of nitrogens with zero attached hydrogens (tertiary/aromatic N) is 4. The zero-order chi connectivity index (χ0) is 28.7. The van der Waals surface area contributed by atoms with E-state index in [1.54, 1.807) is 35.0 Å². The summed E-state index contributed by atoms with van der Waals surface area (Å²) in [5.74, 6) is -4.15. The number of pyridine rings is 1. The molecule has 41 heavy (non-hydrogen) atoms. The van der Waals surface area contributed by atoms with Gasteiger partial charge in [0.15, 0.2) is 5.82 Å². The van der Waals surface area contributed by atoms with Gasteiger partial charge >= 0.3 is 0 Å². The van der Waals surface area contributed by atoms with Crippen LogP contribution in [0.1, 0.15) is 53.3 Å². The molecule has 0 spiro atoms. The molecule has 3 aromatic rings. The van der Waals surface area contributed by atoms with Gasteiger partial charge in [-0.15, -0.1) is 0 Å². The van der Waals surface area contributed by atoms with E-state index in [9.17, 15) is 18.4 Å². The molecule has 1 saturated carbocycles. The molecular formula is C30H34F2N6O3. The van der Waals surface area contributed by atoms with Gasteiger partial charge in [-0.1, -0.05) is 18.2 Å². The summed E-state index contributed by atoms with van der Waals surface area (Å²) in [6, 6.07) is 12.0. The Hall–Kier alpha value is -3.86. The molecule has 2 N–H and O–H groups in total. The second-order valence-electron chi connectivity index (χ2n) is 11.3. The lowest BCUT2D eigenvalue weighted by Crippen LogP contribution is -2.53. The first-order chi connectivity index (χ1) is 19.7. The number of benzene rings is 1. The number of likely N-dealkylation sites (tertiary alicyclic amines) is 1. The highest BCUT2D eigenvalue weighted by Gasteiger charge is 2.51. The van der Waals surface area contributed by atoms with Gasteiger partial charge in [0.1, 0.15) is 0 Å². The molecule has 1 saturated heterocycles. The zero-order valence-electron chi connectivity index (χ0n) is 23.1. The molecule has 0 bridgehead atoms. The number of halogens is 2. The van der Waals surface area contributed by atoms with Gasteiger partial charge in [0.05, 0.1) is 35.9 Å². The minimum atomic E-state index is -2.98. The first-order valence-electron chi connectivity index (χ1n) is 14.1. The number of nitrogens with one attached hydrogen (secondary N) is 2. The molecule has 1 aliphatic carbocycles. The van der Waals surface area contributed by atoms with E-state index in [0.717, 1.165) is 23.4 Å². The number of methoxy groups -OCH3 is 1. The molecule has 0 radical (unpaired) electrons. The molecule has 11 heteroatoms. The molecule has 2 aliphatic heterocycles. The Morgan fingerprint density at radius 3 is 2.73 bits per heavy atom. The van der Waals surface area contributed by atoms with Crippen LogP contribution in [0.3, 0.4) is 0 Å². The first kappa shape index (κ1) is 27.3. The summed E-state index contributed by atoms with van der Waals surface area (Å²) in [6.07, 6.45) is 2.98. The summed E-state index contributed by atoms with van der Waals surface area (Å²) in [7, 11) is 1.65. The number of carbonyl (C=O) groups excluding carboxylic acids is 2. The van der Waals surface area contributed by atoms with Crippen molar-refractivity contribution in [2.75, 3.05) is 25.6 Å². The minimum Gasteiger partial charge on any atom is -0.383 e. The van der Waals surface area contributed by atoms with Crippen molar-refractivity contribution in [2.45, 2.75) is 56.7 Å². The highest BCUT2D eigenvalue weighted by molar-refractivity contribution is 5.94. The molecule has 4 heterocycles. The lowest BCUT2D eigenvalue weighted by atomic mass is 9.79. The Morgan fingerprint density at radius 2 is 2.00 bits per heavy atom. The Balaban J connectivity index is 1.23. The quantitative estimate of drug-likeness (QED) is 0.467. The molecule has 2 fully saturated rings. The second kappa shape index (κ2) is 10.8. The summed E-state index contributed by atoms with van der Waals surface area (Å²) in [6.45, 7) is 2.81. The molecule has 2 amide bonds. The van der Waals surface area contributed by atoms with Gasteiger partial charge in [-0.05, 0) is 49.6 Å². The number of carbonyl (C=O) groups is 2. The summed E-state index contributed by atoms with van der Waals surface area (Å²) in [5, 5.41) is 10.8. The number of hydrogen-bond donors (Lipinski definition) is 2. The van der Waals surface area contributed by atoms with Gasteiger partial charge in [0, 0.05) is 56.5 Å². The maximum Gasteiger partial charge on any atom is 0.253 e. The van der Waals surface area contributed by atoms with Gasteiger partial charge in [0.2, 0.25) is 11.8 Å². The van der Waals surface area contributed by atoms with Crippen LogP contribution in [0.2, 0.25) is 0 Å². The van der Waals surface area contributed by atoms with Crippen molar-refractivity contribution in [3.05, 3.63) is 71.7 Å². The number of para-hydroxylation sites is 1. The highest BCUT2D eigenvalue weighted by atomic mass is 19.3. The molecule has 216 valence electrons. The van der Waals surface area contributed by atoms with Crippen molar-refractivity contribution in [3.8, 4) is 5.82 Å². The van der Waals surface area contributed by atoms with Crippen LogP contribution >= 0.6 is 0 Å². The van der Waals surface area contributed by atoms with Crippen LogP contribution in [0.25, 0.3) is 5.82 Å². The fourth-order valence-corrected chi connectivity index (χ4v) is 6.65. The van der Waals surface area contributed by atoms with E-state index in [4.69, 9.17) is 4.74 Å². The zero-order valence-corrected chi connectivity index (χ0v) is 23.1. The van der Waals surface area contributed by atoms with Gasteiger partial charge in [0.25, 0.3) is 5.91 Å². The second-order valence-corrected chi connectivity index (χ2v) is 11.3. The summed E-state index contributed by atoms with van der Waals surface area (Å²) >= 11 is 0. The van der Waals surface area contributed by atoms with E-state index in [0.29, 0.717) is 19.0 Å². The summed E-state index contributed by atoms with van der Waals surface area (Å²) < 4.78 is 36.6. The van der Waals surface area contributed by atoms with Crippen LogP contribution in [0, 0.1) is 18.8 Å². The monoisotopic (exact) mass is 564 g/mol. The number of alkyl halides is 2. The standard InChI is InChI=1S/C30H34F2N6O3/c1-18-10-14-38(36-18)26-8-7-19(16-33-26)28(39)35-24-9-12-30(31,32)15-22(24)29(40)37-13-11-21-25(17-41-2)34-23-6-4-3-5-20(23)27(21)37/h3-8,10,14,16,21-22,24-25,27,34H,9,11-13,15,17H2,1-2H3,(H,35,39)/t21-,22+,24-,25+,27+/m1/s1. The Bertz CT molecular complexity index is 1430. The van der Waals surface area contributed by atoms with E-state index in [-0.39, 0.29) is 42.3 Å². The van der Waals surface area contributed by atoms with Crippen LogP contribution < -0.4 is 10.6 Å². The van der Waals surface area contributed by atoms with Crippen molar-refractivity contribution in [3.63, 3.8) is 0 Å². The molecule has 3 aliphatic rings. The number of fused-ring (bicyclic) bond motifs is 3. The number of ether oxygens (including phenoxy) is 1. The SMILES string of the molecule is COC[C@@H]1Nc2ccccc2[C@H]2[C@@H]1CCN2C(=O)[C@H]1CC(F)(F)CC[C@H]1NC(=O)c1ccc(-n2ccc(C)n2)nc1. The molecular weight excluding hydrogens is 530 g/mol. The van der Waals surface area contributed by atoms with E-state index < -0.39 is 30.2 Å². The fraction of sp³-hybridized carbons (Fsp3) is 0.467. The van der Waals surface area contributed by atoms with Crippen molar-refractivity contribution in [1.29, 1.82) is 0 Å². The van der Waals surface area contributed by atoms with Crippen LogP contribution in [0.5, 0.6) is 0 Å². The van der Waals surface area contributed by atoms with E-state index >= 15 is 0 Å². The third-order valence-corrected chi connectivity index (χ3v) is 8.64. The van der Waals surface area contributed by atoms with E-state index in [1.807, 2.05) is 37.3 Å². The third-order valence-electron chi connectivity index (χ3n) is 8.64. The van der Waals surface area contributed by atoms with Crippen molar-refractivity contribution in [1.82, 2.24) is 25.0 Å². The predicted octanol–water partition coefficient (Wildman–Crippen LogP) is 4.14. The van der Waals surface area contributed by atoms with E-state index in [1.165, 1.54) is 6.20 Å². The molecule has 1 aromatic carbocycles. The minimum absolute atomic E-state index is 0.00197. The van der Waals surface area contributed by atoms with E-state index in [2.05, 4.69) is 20.7 Å². The van der Waals surface area contributed by atoms with Gasteiger partial charge < -0.3 is 20.3 Å². The molecule has 9 nitrogen and oxygen atoms in total. The number of hydrogen-bond acceptors (Lipinski definition) is 6. The average Bonchev–Trinajstić information content (AvgIpc) is 3.61. The first-order valence-corrected chi connectivity index (χ1v) is 14.1.